The molecule has 1 aromatic heterocycles. The number of aromatic nitrogens is 2. The third-order valence-corrected chi connectivity index (χ3v) is 5.22. The van der Waals surface area contributed by atoms with Crippen LogP contribution in [-0.4, -0.2) is 48.5 Å². The molecule has 0 saturated carbocycles. The molecule has 0 fully saturated rings. The second kappa shape index (κ2) is 12.9. The molecule has 1 N–H and O–H groups in total. The van der Waals surface area contributed by atoms with Crippen molar-refractivity contribution in [2.75, 3.05) is 33.4 Å². The number of unbranched alkanes of at least 4 members (excludes halogenated alkanes) is 1. The highest BCUT2D eigenvalue weighted by molar-refractivity contribution is 5.63. The average molecular weight is 452 g/mol. The number of aromatic amines is 1. The predicted octanol–water partition coefficient (Wildman–Crippen LogP) is 5.80. The van der Waals surface area contributed by atoms with E-state index in [2.05, 4.69) is 55.0 Å². The van der Waals surface area contributed by atoms with E-state index in [1.54, 1.807) is 0 Å². The van der Waals surface area contributed by atoms with Gasteiger partial charge in [-0.3, -0.25) is 5.10 Å². The van der Waals surface area contributed by atoms with Crippen molar-refractivity contribution < 1.29 is 14.2 Å². The van der Waals surface area contributed by atoms with E-state index in [1.807, 2.05) is 42.6 Å². The number of ether oxygens (including phenoxy) is 3. The molecule has 2 aromatic carbocycles. The standard InChI is InChI=1S/C27H37N3O3/c1-5-6-15-30(4)19-23-18-28-29-27(23)22-7-9-24(10-8-22)31-16-17-32-25-11-13-26(14-12-25)33-20-21(2)3/h7-14,18,21H,5-6,15-17,19-20H2,1-4H3,(H,28,29). The first-order chi connectivity index (χ1) is 16.0. The molecule has 3 rings (SSSR count). The van der Waals surface area contributed by atoms with Crippen molar-refractivity contribution in [2.45, 2.75) is 40.2 Å². The first kappa shape index (κ1) is 24.6. The highest BCUT2D eigenvalue weighted by atomic mass is 16.5. The van der Waals surface area contributed by atoms with Gasteiger partial charge in [0.05, 0.1) is 18.5 Å². The number of nitrogens with one attached hydrogen (secondary N) is 1. The first-order valence-electron chi connectivity index (χ1n) is 11.8. The quantitative estimate of drug-likeness (QED) is 0.314. The average Bonchev–Trinajstić information content (AvgIpc) is 3.28. The molecular formula is C27H37N3O3. The van der Waals surface area contributed by atoms with Crippen LogP contribution in [0.25, 0.3) is 11.3 Å². The van der Waals surface area contributed by atoms with Crippen LogP contribution in [0.5, 0.6) is 17.2 Å². The van der Waals surface area contributed by atoms with Crippen LogP contribution in [0.4, 0.5) is 0 Å². The van der Waals surface area contributed by atoms with Gasteiger partial charge in [-0.1, -0.05) is 27.2 Å². The van der Waals surface area contributed by atoms with Crippen molar-refractivity contribution in [3.8, 4) is 28.5 Å². The molecule has 1 heterocycles. The fraction of sp³-hybridized carbons (Fsp3) is 0.444. The second-order valence-corrected chi connectivity index (χ2v) is 8.76. The van der Waals surface area contributed by atoms with Gasteiger partial charge in [-0.15, -0.1) is 0 Å². The Balaban J connectivity index is 1.44. The molecule has 0 amide bonds. The van der Waals surface area contributed by atoms with Gasteiger partial charge in [0, 0.05) is 17.7 Å². The molecule has 6 heteroatoms. The largest absolute Gasteiger partial charge is 0.493 e. The van der Waals surface area contributed by atoms with Crippen LogP contribution >= 0.6 is 0 Å². The Morgan fingerprint density at radius 3 is 2.03 bits per heavy atom. The molecule has 6 nitrogen and oxygen atoms in total. The molecule has 0 atom stereocenters. The lowest BCUT2D eigenvalue weighted by Crippen LogP contribution is -2.19. The van der Waals surface area contributed by atoms with E-state index >= 15 is 0 Å². The van der Waals surface area contributed by atoms with Gasteiger partial charge in [0.25, 0.3) is 0 Å². The van der Waals surface area contributed by atoms with Gasteiger partial charge in [-0.05, 0) is 74.5 Å². The van der Waals surface area contributed by atoms with Crippen molar-refractivity contribution in [3.05, 3.63) is 60.3 Å². The molecule has 0 aliphatic rings. The zero-order chi connectivity index (χ0) is 23.5. The summed E-state index contributed by atoms with van der Waals surface area (Å²) >= 11 is 0. The minimum absolute atomic E-state index is 0.475. The Kier molecular flexibility index (Phi) is 9.63. The van der Waals surface area contributed by atoms with Crippen LogP contribution in [0, 0.1) is 5.92 Å². The zero-order valence-corrected chi connectivity index (χ0v) is 20.3. The Morgan fingerprint density at radius 1 is 0.879 bits per heavy atom. The smallest absolute Gasteiger partial charge is 0.122 e. The second-order valence-electron chi connectivity index (χ2n) is 8.76. The van der Waals surface area contributed by atoms with E-state index in [1.165, 1.54) is 18.4 Å². The maximum atomic E-state index is 5.84. The minimum Gasteiger partial charge on any atom is -0.493 e. The number of rotatable bonds is 14. The van der Waals surface area contributed by atoms with Crippen LogP contribution in [0.15, 0.2) is 54.7 Å². The fourth-order valence-electron chi connectivity index (χ4n) is 3.41. The van der Waals surface area contributed by atoms with Crippen molar-refractivity contribution in [1.29, 1.82) is 0 Å². The molecular weight excluding hydrogens is 414 g/mol. The molecule has 0 radical (unpaired) electrons. The van der Waals surface area contributed by atoms with Gasteiger partial charge in [-0.25, -0.2) is 0 Å². The van der Waals surface area contributed by atoms with Gasteiger partial charge >= 0.3 is 0 Å². The Hall–Kier alpha value is -2.99. The van der Waals surface area contributed by atoms with Crippen LogP contribution in [0.2, 0.25) is 0 Å². The number of hydrogen-bond acceptors (Lipinski definition) is 5. The van der Waals surface area contributed by atoms with Crippen LogP contribution < -0.4 is 14.2 Å². The summed E-state index contributed by atoms with van der Waals surface area (Å²) in [6.45, 7) is 10.1. The van der Waals surface area contributed by atoms with Crippen molar-refractivity contribution in [1.82, 2.24) is 15.1 Å². The van der Waals surface area contributed by atoms with Gasteiger partial charge in [0.15, 0.2) is 0 Å². The van der Waals surface area contributed by atoms with E-state index in [9.17, 15) is 0 Å². The summed E-state index contributed by atoms with van der Waals surface area (Å²) < 4.78 is 17.3. The molecule has 0 aliphatic carbocycles. The van der Waals surface area contributed by atoms with Crippen LogP contribution in [-0.2, 0) is 6.54 Å². The molecule has 3 aromatic rings. The predicted molar refractivity (Wildman–Crippen MR) is 133 cm³/mol. The monoisotopic (exact) mass is 451 g/mol. The van der Waals surface area contributed by atoms with Crippen molar-refractivity contribution in [2.24, 2.45) is 5.92 Å². The topological polar surface area (TPSA) is 59.6 Å². The van der Waals surface area contributed by atoms with E-state index in [0.29, 0.717) is 25.7 Å². The van der Waals surface area contributed by atoms with Crippen LogP contribution in [0.3, 0.4) is 0 Å². The summed E-state index contributed by atoms with van der Waals surface area (Å²) in [4.78, 5) is 2.33. The van der Waals surface area contributed by atoms with Gasteiger partial charge in [-0.2, -0.15) is 5.10 Å². The SMILES string of the molecule is CCCCN(C)Cc1cn[nH]c1-c1ccc(OCCOc2ccc(OCC(C)C)cc2)cc1. The third kappa shape index (κ3) is 8.13. The van der Waals surface area contributed by atoms with Gasteiger partial charge < -0.3 is 19.1 Å². The van der Waals surface area contributed by atoms with E-state index < -0.39 is 0 Å². The molecule has 178 valence electrons. The number of benzene rings is 2. The van der Waals surface area contributed by atoms with Gasteiger partial charge in [0.2, 0.25) is 0 Å². The first-order valence-corrected chi connectivity index (χ1v) is 11.8. The highest BCUT2D eigenvalue weighted by Crippen LogP contribution is 2.25. The maximum Gasteiger partial charge on any atom is 0.122 e. The Morgan fingerprint density at radius 2 is 1.45 bits per heavy atom. The lowest BCUT2D eigenvalue weighted by molar-refractivity contribution is 0.216. The third-order valence-electron chi connectivity index (χ3n) is 5.22. The molecule has 0 spiro atoms. The minimum atomic E-state index is 0.475. The Bertz CT molecular complexity index is 936. The van der Waals surface area contributed by atoms with Crippen molar-refractivity contribution in [3.63, 3.8) is 0 Å². The lowest BCUT2D eigenvalue weighted by Gasteiger charge is -2.16. The van der Waals surface area contributed by atoms with Crippen LogP contribution in [0.1, 0.15) is 39.2 Å². The van der Waals surface area contributed by atoms with Gasteiger partial charge in [0.1, 0.15) is 30.5 Å². The molecule has 33 heavy (non-hydrogen) atoms. The molecule has 0 unspecified atom stereocenters. The Labute approximate surface area is 197 Å². The van der Waals surface area contributed by atoms with E-state index in [-0.39, 0.29) is 0 Å². The molecule has 0 bridgehead atoms. The normalized spacial score (nSPS) is 11.2. The number of H-pyrrole nitrogens is 1. The summed E-state index contributed by atoms with van der Waals surface area (Å²) in [5.74, 6) is 2.99. The summed E-state index contributed by atoms with van der Waals surface area (Å²) in [6, 6.07) is 15.8. The maximum absolute atomic E-state index is 5.84. The lowest BCUT2D eigenvalue weighted by atomic mass is 10.1. The highest BCUT2D eigenvalue weighted by Gasteiger charge is 2.10. The number of hydrogen-bond donors (Lipinski definition) is 1. The fourth-order valence-corrected chi connectivity index (χ4v) is 3.41. The molecule has 0 aliphatic heterocycles. The summed E-state index contributed by atoms with van der Waals surface area (Å²) in [6.07, 6.45) is 4.33. The number of nitrogens with zero attached hydrogens (tertiary/aromatic N) is 2. The van der Waals surface area contributed by atoms with E-state index in [0.717, 1.165) is 41.6 Å². The zero-order valence-electron chi connectivity index (χ0n) is 20.3. The van der Waals surface area contributed by atoms with Crippen molar-refractivity contribution >= 4 is 0 Å². The molecule has 0 saturated heterocycles. The summed E-state index contributed by atoms with van der Waals surface area (Å²) in [5, 5.41) is 7.40. The van der Waals surface area contributed by atoms with E-state index in [4.69, 9.17) is 14.2 Å². The summed E-state index contributed by atoms with van der Waals surface area (Å²) in [5.41, 5.74) is 3.38. The summed E-state index contributed by atoms with van der Waals surface area (Å²) in [7, 11) is 2.15.